The second-order valence-electron chi connectivity index (χ2n) is 5.59. The van der Waals surface area contributed by atoms with Gasteiger partial charge in [0.05, 0.1) is 23.9 Å². The lowest BCUT2D eigenvalue weighted by molar-refractivity contribution is 0.726. The minimum Gasteiger partial charge on any atom is -0.323 e. The van der Waals surface area contributed by atoms with Gasteiger partial charge in [-0.3, -0.25) is 0 Å². The molecule has 2 aromatic carbocycles. The van der Waals surface area contributed by atoms with Crippen molar-refractivity contribution in [3.05, 3.63) is 65.2 Å². The number of hydrogen-bond acceptors (Lipinski definition) is 5. The van der Waals surface area contributed by atoms with Crippen molar-refractivity contribution >= 4 is 43.3 Å². The molecule has 3 aromatic heterocycles. The molecule has 122 valence electrons. The smallest absolute Gasteiger partial charge is 0.235 e. The number of rotatable bonds is 3. The summed E-state index contributed by atoms with van der Waals surface area (Å²) in [6, 6.07) is 16.1. The zero-order valence-electron chi connectivity index (χ0n) is 12.9. The van der Waals surface area contributed by atoms with Gasteiger partial charge in [0.25, 0.3) is 0 Å². The van der Waals surface area contributed by atoms with E-state index in [0.717, 1.165) is 36.9 Å². The molecule has 0 saturated heterocycles. The number of para-hydroxylation sites is 2. The molecule has 0 fully saturated rings. The third-order valence-corrected chi connectivity index (χ3v) is 5.46. The molecule has 0 unspecified atom stereocenters. The van der Waals surface area contributed by atoms with Crippen LogP contribution in [0.5, 0.6) is 0 Å². The molecule has 25 heavy (non-hydrogen) atoms. The Morgan fingerprint density at radius 3 is 2.72 bits per heavy atom. The number of hydrogen-bond donors (Lipinski definition) is 0. The molecule has 0 aliphatic heterocycles. The first-order chi connectivity index (χ1) is 12.3. The van der Waals surface area contributed by atoms with Crippen LogP contribution in [0.3, 0.4) is 0 Å². The molecule has 0 spiro atoms. The van der Waals surface area contributed by atoms with Gasteiger partial charge in [0.1, 0.15) is 5.01 Å². The highest BCUT2D eigenvalue weighted by atomic mass is 79.9. The van der Waals surface area contributed by atoms with Crippen molar-refractivity contribution in [2.24, 2.45) is 0 Å². The summed E-state index contributed by atoms with van der Waals surface area (Å²) in [7, 11) is 0. The molecule has 0 aliphatic rings. The number of aromatic nitrogens is 6. The second-order valence-corrected chi connectivity index (χ2v) is 7.46. The normalized spacial score (nSPS) is 11.6. The fourth-order valence-corrected chi connectivity index (χ4v) is 3.88. The molecule has 0 bridgehead atoms. The SMILES string of the molecule is Brc1ccc(-c2nn3c(Cn4cnc5ccccc54)nnc3s2)cc1. The Morgan fingerprint density at radius 1 is 1.00 bits per heavy atom. The fourth-order valence-electron chi connectivity index (χ4n) is 2.75. The van der Waals surface area contributed by atoms with E-state index in [2.05, 4.69) is 41.7 Å². The summed E-state index contributed by atoms with van der Waals surface area (Å²) in [5.74, 6) is 0.790. The van der Waals surface area contributed by atoms with E-state index in [4.69, 9.17) is 5.10 Å². The predicted molar refractivity (Wildman–Crippen MR) is 101 cm³/mol. The maximum absolute atomic E-state index is 4.69. The summed E-state index contributed by atoms with van der Waals surface area (Å²) in [6.45, 7) is 0.575. The lowest BCUT2D eigenvalue weighted by Crippen LogP contribution is -2.04. The quantitative estimate of drug-likeness (QED) is 0.450. The highest BCUT2D eigenvalue weighted by Gasteiger charge is 2.14. The van der Waals surface area contributed by atoms with E-state index in [9.17, 15) is 0 Å². The van der Waals surface area contributed by atoms with Crippen molar-refractivity contribution in [2.45, 2.75) is 6.54 Å². The zero-order chi connectivity index (χ0) is 16.8. The van der Waals surface area contributed by atoms with E-state index in [1.807, 2.05) is 53.3 Å². The first kappa shape index (κ1) is 14.7. The van der Waals surface area contributed by atoms with Gasteiger partial charge < -0.3 is 4.57 Å². The van der Waals surface area contributed by atoms with Gasteiger partial charge >= 0.3 is 0 Å². The van der Waals surface area contributed by atoms with Crippen LogP contribution in [-0.4, -0.2) is 29.4 Å². The van der Waals surface area contributed by atoms with Gasteiger partial charge in [0, 0.05) is 10.0 Å². The van der Waals surface area contributed by atoms with E-state index in [1.165, 1.54) is 11.3 Å². The number of halogens is 1. The van der Waals surface area contributed by atoms with Crippen LogP contribution in [-0.2, 0) is 6.54 Å². The third-order valence-electron chi connectivity index (χ3n) is 3.99. The van der Waals surface area contributed by atoms with Gasteiger partial charge in [-0.2, -0.15) is 9.61 Å². The van der Waals surface area contributed by atoms with Gasteiger partial charge in [-0.25, -0.2) is 4.98 Å². The molecule has 0 N–H and O–H groups in total. The second kappa shape index (κ2) is 5.75. The number of nitrogens with zero attached hydrogens (tertiary/aromatic N) is 6. The summed E-state index contributed by atoms with van der Waals surface area (Å²) < 4.78 is 4.92. The van der Waals surface area contributed by atoms with Crippen molar-refractivity contribution in [1.29, 1.82) is 0 Å². The molecule has 8 heteroatoms. The molecule has 0 atom stereocenters. The third kappa shape index (κ3) is 2.54. The molecule has 0 amide bonds. The summed E-state index contributed by atoms with van der Waals surface area (Å²) in [5.41, 5.74) is 3.11. The van der Waals surface area contributed by atoms with E-state index in [1.54, 1.807) is 0 Å². The number of benzene rings is 2. The molecule has 0 saturated carbocycles. The lowest BCUT2D eigenvalue weighted by Gasteiger charge is -2.01. The number of fused-ring (bicyclic) bond motifs is 2. The highest BCUT2D eigenvalue weighted by Crippen LogP contribution is 2.27. The van der Waals surface area contributed by atoms with Gasteiger partial charge in [-0.05, 0) is 24.3 Å². The van der Waals surface area contributed by atoms with Crippen LogP contribution in [0.15, 0.2) is 59.3 Å². The average molecular weight is 411 g/mol. The Hall–Kier alpha value is -2.58. The highest BCUT2D eigenvalue weighted by molar-refractivity contribution is 9.10. The van der Waals surface area contributed by atoms with Crippen molar-refractivity contribution < 1.29 is 0 Å². The first-order valence-electron chi connectivity index (χ1n) is 7.65. The molecule has 3 heterocycles. The Bertz CT molecular complexity index is 1190. The van der Waals surface area contributed by atoms with E-state index in [0.29, 0.717) is 6.54 Å². The minimum absolute atomic E-state index is 0.575. The molecule has 0 radical (unpaired) electrons. The molecule has 5 aromatic rings. The minimum atomic E-state index is 0.575. The van der Waals surface area contributed by atoms with Crippen LogP contribution in [0, 0.1) is 0 Å². The molecule has 6 nitrogen and oxygen atoms in total. The molecular weight excluding hydrogens is 400 g/mol. The van der Waals surface area contributed by atoms with E-state index in [-0.39, 0.29) is 0 Å². The van der Waals surface area contributed by atoms with Gasteiger partial charge in [-0.1, -0.05) is 51.5 Å². The standard InChI is InChI=1S/C17H11BrN6S/c18-12-7-5-11(6-8-12)16-22-24-15(20-21-17(24)25-16)9-23-10-19-13-3-1-2-4-14(13)23/h1-8,10H,9H2. The monoisotopic (exact) mass is 410 g/mol. The van der Waals surface area contributed by atoms with E-state index >= 15 is 0 Å². The van der Waals surface area contributed by atoms with Crippen LogP contribution in [0.25, 0.3) is 26.6 Å². The summed E-state index contributed by atoms with van der Waals surface area (Å²) in [4.78, 5) is 5.21. The van der Waals surface area contributed by atoms with Crippen LogP contribution in [0.4, 0.5) is 0 Å². The van der Waals surface area contributed by atoms with Gasteiger partial charge in [0.2, 0.25) is 4.96 Å². The summed E-state index contributed by atoms with van der Waals surface area (Å²) in [6.07, 6.45) is 1.83. The maximum atomic E-state index is 4.69. The summed E-state index contributed by atoms with van der Waals surface area (Å²) in [5, 5.41) is 14.2. The predicted octanol–water partition coefficient (Wildman–Crippen LogP) is 4.01. The van der Waals surface area contributed by atoms with Crippen molar-refractivity contribution in [3.63, 3.8) is 0 Å². The number of imidazole rings is 1. The Morgan fingerprint density at radius 2 is 1.84 bits per heavy atom. The largest absolute Gasteiger partial charge is 0.323 e. The summed E-state index contributed by atoms with van der Waals surface area (Å²) >= 11 is 4.99. The molecular formula is C17H11BrN6S. The van der Waals surface area contributed by atoms with E-state index < -0.39 is 0 Å². The topological polar surface area (TPSA) is 60.9 Å². The van der Waals surface area contributed by atoms with Crippen LogP contribution >= 0.6 is 27.3 Å². The van der Waals surface area contributed by atoms with Crippen LogP contribution in [0.2, 0.25) is 0 Å². The van der Waals surface area contributed by atoms with Crippen molar-refractivity contribution in [3.8, 4) is 10.6 Å². The molecule has 5 rings (SSSR count). The van der Waals surface area contributed by atoms with Gasteiger partial charge in [0.15, 0.2) is 5.82 Å². The lowest BCUT2D eigenvalue weighted by atomic mass is 10.2. The Kier molecular flexibility index (Phi) is 3.39. The Labute approximate surface area is 154 Å². The average Bonchev–Trinajstić information content (AvgIpc) is 3.32. The van der Waals surface area contributed by atoms with Crippen molar-refractivity contribution in [2.75, 3.05) is 0 Å². The van der Waals surface area contributed by atoms with Crippen LogP contribution in [0.1, 0.15) is 5.82 Å². The maximum Gasteiger partial charge on any atom is 0.235 e. The fraction of sp³-hybridized carbons (Fsp3) is 0.0588. The van der Waals surface area contributed by atoms with Crippen molar-refractivity contribution in [1.82, 2.24) is 29.4 Å². The van der Waals surface area contributed by atoms with Gasteiger partial charge in [-0.15, -0.1) is 10.2 Å². The Balaban J connectivity index is 1.55. The zero-order valence-corrected chi connectivity index (χ0v) is 15.3. The molecule has 0 aliphatic carbocycles. The first-order valence-corrected chi connectivity index (χ1v) is 9.26. The van der Waals surface area contributed by atoms with Crippen LogP contribution < -0.4 is 0 Å².